The third-order valence-electron chi connectivity index (χ3n) is 1.03. The van der Waals surface area contributed by atoms with E-state index in [2.05, 4.69) is 4.99 Å². The summed E-state index contributed by atoms with van der Waals surface area (Å²) in [7, 11) is 0. The molecule has 0 fully saturated rings. The van der Waals surface area contributed by atoms with Gasteiger partial charge in [0, 0.05) is 0 Å². The molecule has 0 aromatic heterocycles. The highest BCUT2D eigenvalue weighted by molar-refractivity contribution is 5.94. The normalized spacial score (nSPS) is 23.5. The lowest BCUT2D eigenvalue weighted by Gasteiger charge is -2.11. The molecule has 0 atom stereocenters. The van der Waals surface area contributed by atoms with E-state index in [1.807, 2.05) is 0 Å². The van der Waals surface area contributed by atoms with Crippen LogP contribution < -0.4 is 0 Å². The van der Waals surface area contributed by atoms with Gasteiger partial charge in [0.15, 0.2) is 12.0 Å². The van der Waals surface area contributed by atoms with Crippen LogP contribution in [0.1, 0.15) is 13.8 Å². The van der Waals surface area contributed by atoms with Crippen molar-refractivity contribution in [2.45, 2.75) is 19.4 Å². The van der Waals surface area contributed by atoms with Crippen LogP contribution in [-0.4, -0.2) is 17.9 Å². The van der Waals surface area contributed by atoms with Crippen molar-refractivity contribution in [1.82, 2.24) is 0 Å². The molecule has 0 unspecified atom stereocenters. The van der Waals surface area contributed by atoms with Gasteiger partial charge < -0.3 is 4.74 Å². The number of nitrogens with zero attached hydrogens (tertiary/aromatic N) is 1. The second-order valence-corrected chi connectivity index (χ2v) is 2.17. The van der Waals surface area contributed by atoms with Crippen molar-refractivity contribution in [2.75, 3.05) is 0 Å². The predicted molar refractivity (Wildman–Crippen MR) is 28.7 cm³/mol. The summed E-state index contributed by atoms with van der Waals surface area (Å²) in [6.07, 6.45) is 1.18. The molecule has 1 amide bonds. The Balaban J connectivity index is 2.79. The summed E-state index contributed by atoms with van der Waals surface area (Å²) < 4.78 is 4.81. The Morgan fingerprint density at radius 3 is 2.50 bits per heavy atom. The van der Waals surface area contributed by atoms with Gasteiger partial charge in [0.1, 0.15) is 0 Å². The molecular weight excluding hydrogens is 106 g/mol. The molecule has 0 saturated heterocycles. The average molecular weight is 113 g/mol. The number of hydrogen-bond donors (Lipinski definition) is 0. The van der Waals surface area contributed by atoms with Crippen LogP contribution in [0.2, 0.25) is 0 Å². The van der Waals surface area contributed by atoms with Crippen LogP contribution >= 0.6 is 0 Å². The summed E-state index contributed by atoms with van der Waals surface area (Å²) in [6, 6.07) is 0. The first-order chi connectivity index (χ1) is 3.63. The van der Waals surface area contributed by atoms with Gasteiger partial charge >= 0.3 is 0 Å². The van der Waals surface area contributed by atoms with E-state index in [1.165, 1.54) is 6.40 Å². The van der Waals surface area contributed by atoms with Crippen LogP contribution in [0.25, 0.3) is 0 Å². The second-order valence-electron chi connectivity index (χ2n) is 2.17. The van der Waals surface area contributed by atoms with E-state index in [0.717, 1.165) is 0 Å². The molecule has 0 aromatic rings. The molecular formula is C5H7NO2. The topological polar surface area (TPSA) is 38.7 Å². The van der Waals surface area contributed by atoms with Crippen molar-refractivity contribution in [2.24, 2.45) is 4.99 Å². The van der Waals surface area contributed by atoms with Crippen LogP contribution in [-0.2, 0) is 9.53 Å². The van der Waals surface area contributed by atoms with E-state index in [1.54, 1.807) is 13.8 Å². The maximum atomic E-state index is 10.6. The highest BCUT2D eigenvalue weighted by Gasteiger charge is 2.31. The lowest BCUT2D eigenvalue weighted by molar-refractivity contribution is -0.127. The summed E-state index contributed by atoms with van der Waals surface area (Å²) in [5, 5.41) is 0. The predicted octanol–water partition coefficient (Wildman–Crippen LogP) is 0.350. The van der Waals surface area contributed by atoms with Gasteiger partial charge in [-0.2, -0.15) is 4.99 Å². The molecule has 8 heavy (non-hydrogen) atoms. The Labute approximate surface area is 47.4 Å². The zero-order valence-electron chi connectivity index (χ0n) is 4.84. The van der Waals surface area contributed by atoms with Crippen molar-refractivity contribution in [3.63, 3.8) is 0 Å². The van der Waals surface area contributed by atoms with Crippen LogP contribution in [0.4, 0.5) is 0 Å². The van der Waals surface area contributed by atoms with Gasteiger partial charge in [0.25, 0.3) is 5.91 Å². The van der Waals surface area contributed by atoms with Gasteiger partial charge in [-0.1, -0.05) is 0 Å². The molecule has 1 heterocycles. The molecule has 1 aliphatic heterocycles. The largest absolute Gasteiger partial charge is 0.467 e. The summed E-state index contributed by atoms with van der Waals surface area (Å²) in [4.78, 5) is 14.0. The summed E-state index contributed by atoms with van der Waals surface area (Å²) in [5.41, 5.74) is -0.708. The quantitative estimate of drug-likeness (QED) is 0.454. The van der Waals surface area contributed by atoms with Crippen LogP contribution in [0.3, 0.4) is 0 Å². The summed E-state index contributed by atoms with van der Waals surface area (Å²) >= 11 is 0. The number of hydrogen-bond acceptors (Lipinski definition) is 2. The fourth-order valence-corrected chi connectivity index (χ4v) is 0.412. The van der Waals surface area contributed by atoms with Crippen LogP contribution in [0.15, 0.2) is 4.99 Å². The number of amides is 1. The lowest BCUT2D eigenvalue weighted by atomic mass is 10.1. The Hall–Kier alpha value is -0.860. The lowest BCUT2D eigenvalue weighted by Crippen LogP contribution is -2.27. The average Bonchev–Trinajstić information content (AvgIpc) is 1.86. The van der Waals surface area contributed by atoms with Gasteiger partial charge in [0.2, 0.25) is 0 Å². The van der Waals surface area contributed by atoms with Gasteiger partial charge in [-0.15, -0.1) is 0 Å². The number of carbonyl (C=O) groups is 1. The van der Waals surface area contributed by atoms with Gasteiger partial charge in [-0.3, -0.25) is 4.79 Å². The highest BCUT2D eigenvalue weighted by Crippen LogP contribution is 2.13. The van der Waals surface area contributed by atoms with Crippen LogP contribution in [0.5, 0.6) is 0 Å². The van der Waals surface area contributed by atoms with Crippen molar-refractivity contribution in [1.29, 1.82) is 0 Å². The van der Waals surface area contributed by atoms with Crippen molar-refractivity contribution in [3.05, 3.63) is 0 Å². The van der Waals surface area contributed by atoms with E-state index in [4.69, 9.17) is 4.74 Å². The first kappa shape index (κ1) is 5.28. The maximum Gasteiger partial charge on any atom is 0.292 e. The molecule has 0 spiro atoms. The van der Waals surface area contributed by atoms with Crippen molar-refractivity contribution in [3.8, 4) is 0 Å². The minimum Gasteiger partial charge on any atom is -0.467 e. The molecule has 1 aliphatic rings. The molecule has 0 saturated carbocycles. The zero-order chi connectivity index (χ0) is 6.20. The Bertz CT molecular complexity index is 149. The Kier molecular flexibility index (Phi) is 0.863. The fourth-order valence-electron chi connectivity index (χ4n) is 0.412. The molecule has 1 rings (SSSR count). The molecule has 0 aliphatic carbocycles. The Morgan fingerprint density at radius 1 is 1.75 bits per heavy atom. The number of aliphatic imine (C=N–C) groups is 1. The van der Waals surface area contributed by atoms with Crippen LogP contribution in [0, 0.1) is 0 Å². The first-order valence-corrected chi connectivity index (χ1v) is 2.38. The molecule has 0 N–H and O–H groups in total. The summed E-state index contributed by atoms with van der Waals surface area (Å²) in [6.45, 7) is 3.37. The fraction of sp³-hybridized carbons (Fsp3) is 0.600. The third-order valence-corrected chi connectivity index (χ3v) is 1.03. The Morgan fingerprint density at radius 2 is 2.38 bits per heavy atom. The number of ether oxygens (including phenoxy) is 1. The van der Waals surface area contributed by atoms with Gasteiger partial charge in [0.05, 0.1) is 0 Å². The van der Waals surface area contributed by atoms with Crippen molar-refractivity contribution >= 4 is 12.3 Å². The number of rotatable bonds is 0. The number of carbonyl (C=O) groups excluding carboxylic acids is 1. The monoisotopic (exact) mass is 113 g/mol. The molecule has 3 nitrogen and oxygen atoms in total. The zero-order valence-corrected chi connectivity index (χ0v) is 4.84. The van der Waals surface area contributed by atoms with E-state index in [-0.39, 0.29) is 5.91 Å². The molecule has 44 valence electrons. The summed E-state index contributed by atoms with van der Waals surface area (Å²) in [5.74, 6) is -0.211. The maximum absolute atomic E-state index is 10.6. The standard InChI is InChI=1S/C5H7NO2/c1-5(2)4(7)6-3-8-5/h3H,1-2H3. The minimum absolute atomic E-state index is 0.211. The van der Waals surface area contributed by atoms with E-state index in [0.29, 0.717) is 0 Å². The van der Waals surface area contributed by atoms with E-state index in [9.17, 15) is 4.79 Å². The highest BCUT2D eigenvalue weighted by atomic mass is 16.5. The first-order valence-electron chi connectivity index (χ1n) is 2.38. The van der Waals surface area contributed by atoms with E-state index >= 15 is 0 Å². The van der Waals surface area contributed by atoms with Crippen molar-refractivity contribution < 1.29 is 9.53 Å². The minimum atomic E-state index is -0.708. The third kappa shape index (κ3) is 0.598. The molecule has 3 heteroatoms. The SMILES string of the molecule is CC1(C)OC=NC1=O. The molecule has 0 aromatic carbocycles. The second kappa shape index (κ2) is 1.31. The molecule has 0 bridgehead atoms. The van der Waals surface area contributed by atoms with Gasteiger partial charge in [-0.05, 0) is 13.8 Å². The van der Waals surface area contributed by atoms with Gasteiger partial charge in [-0.25, -0.2) is 0 Å². The smallest absolute Gasteiger partial charge is 0.292 e. The molecule has 0 radical (unpaired) electrons. The van der Waals surface area contributed by atoms with E-state index < -0.39 is 5.60 Å².